The van der Waals surface area contributed by atoms with E-state index in [-0.39, 0.29) is 17.9 Å². The highest BCUT2D eigenvalue weighted by molar-refractivity contribution is 5.82. The Hall–Kier alpha value is -1.35. The summed E-state index contributed by atoms with van der Waals surface area (Å²) in [4.78, 5) is 12.4. The van der Waals surface area contributed by atoms with Crippen molar-refractivity contribution in [1.82, 2.24) is 5.32 Å². The van der Waals surface area contributed by atoms with E-state index < -0.39 is 0 Å². The molecule has 0 aliphatic heterocycles. The van der Waals surface area contributed by atoms with Gasteiger partial charge in [0.1, 0.15) is 0 Å². The minimum atomic E-state index is -0.130. The van der Waals surface area contributed by atoms with Gasteiger partial charge in [-0.25, -0.2) is 0 Å². The summed E-state index contributed by atoms with van der Waals surface area (Å²) < 4.78 is 0. The number of amides is 1. The van der Waals surface area contributed by atoms with Crippen LogP contribution in [0.4, 0.5) is 0 Å². The van der Waals surface area contributed by atoms with Gasteiger partial charge in [0.25, 0.3) is 0 Å². The van der Waals surface area contributed by atoms with E-state index in [9.17, 15) is 4.79 Å². The molecule has 0 aromatic heterocycles. The highest BCUT2D eigenvalue weighted by Gasteiger charge is 2.38. The topological polar surface area (TPSA) is 49.3 Å². The first-order valence-electron chi connectivity index (χ1n) is 7.17. The van der Waals surface area contributed by atoms with Gasteiger partial charge in [0, 0.05) is 12.0 Å². The summed E-state index contributed by atoms with van der Waals surface area (Å²) in [6, 6.07) is 7.72. The van der Waals surface area contributed by atoms with Crippen LogP contribution in [-0.4, -0.2) is 11.0 Å². The Morgan fingerprint density at radius 1 is 1.32 bits per heavy atom. The van der Waals surface area contributed by atoms with Gasteiger partial charge in [-0.1, -0.05) is 44.0 Å². The molecule has 1 aliphatic carbocycles. The molecular weight excluding hydrogens is 238 g/mol. The smallest absolute Gasteiger partial charge is 0.226 e. The van der Waals surface area contributed by atoms with Crippen molar-refractivity contribution >= 4 is 5.91 Å². The quantitative estimate of drug-likeness (QED) is 0.856. The summed E-state index contributed by atoms with van der Waals surface area (Å²) in [5, 5.41) is 12.2. The number of hydrogen-bond donors (Lipinski definition) is 2. The van der Waals surface area contributed by atoms with Gasteiger partial charge in [-0.3, -0.25) is 4.79 Å². The van der Waals surface area contributed by atoms with Gasteiger partial charge in [0.2, 0.25) is 5.91 Å². The molecule has 2 rings (SSSR count). The first-order chi connectivity index (χ1) is 9.20. The molecule has 0 bridgehead atoms. The molecule has 0 radical (unpaired) electrons. The van der Waals surface area contributed by atoms with Crippen molar-refractivity contribution in [3.63, 3.8) is 0 Å². The van der Waals surface area contributed by atoms with Crippen LogP contribution in [-0.2, 0) is 17.9 Å². The summed E-state index contributed by atoms with van der Waals surface area (Å²) in [6.45, 7) is 2.70. The van der Waals surface area contributed by atoms with Gasteiger partial charge in [0.05, 0.1) is 6.61 Å². The fourth-order valence-corrected chi connectivity index (χ4v) is 3.00. The van der Waals surface area contributed by atoms with Crippen LogP contribution in [0.15, 0.2) is 24.3 Å². The zero-order valence-electron chi connectivity index (χ0n) is 11.6. The van der Waals surface area contributed by atoms with Crippen LogP contribution < -0.4 is 5.32 Å². The van der Waals surface area contributed by atoms with Gasteiger partial charge >= 0.3 is 0 Å². The maximum Gasteiger partial charge on any atom is 0.226 e. The maximum absolute atomic E-state index is 12.4. The second-order valence-electron chi connectivity index (χ2n) is 5.50. The SMILES string of the molecule is CCC1(C(=O)NCc2cccc(CO)c2)CCCC1. The largest absolute Gasteiger partial charge is 0.392 e. The summed E-state index contributed by atoms with van der Waals surface area (Å²) in [5.41, 5.74) is 1.80. The Labute approximate surface area is 115 Å². The van der Waals surface area contributed by atoms with E-state index in [1.807, 2.05) is 24.3 Å². The second-order valence-corrected chi connectivity index (χ2v) is 5.50. The zero-order valence-corrected chi connectivity index (χ0v) is 11.6. The fraction of sp³-hybridized carbons (Fsp3) is 0.562. The molecule has 0 spiro atoms. The summed E-state index contributed by atoms with van der Waals surface area (Å²) in [7, 11) is 0. The molecule has 19 heavy (non-hydrogen) atoms. The molecule has 104 valence electrons. The van der Waals surface area contributed by atoms with E-state index in [0.29, 0.717) is 6.54 Å². The zero-order chi connectivity index (χ0) is 13.7. The molecule has 0 heterocycles. The minimum absolute atomic E-state index is 0.0423. The van der Waals surface area contributed by atoms with Crippen LogP contribution in [0.3, 0.4) is 0 Å². The summed E-state index contributed by atoms with van der Waals surface area (Å²) in [5.74, 6) is 0.196. The monoisotopic (exact) mass is 261 g/mol. The molecule has 2 N–H and O–H groups in total. The number of aliphatic hydroxyl groups excluding tert-OH is 1. The lowest BCUT2D eigenvalue weighted by molar-refractivity contribution is -0.131. The second kappa shape index (κ2) is 6.20. The number of aliphatic hydroxyl groups is 1. The van der Waals surface area contributed by atoms with Crippen LogP contribution in [0.2, 0.25) is 0 Å². The Bertz CT molecular complexity index is 436. The average Bonchev–Trinajstić information content (AvgIpc) is 2.95. The number of hydrogen-bond acceptors (Lipinski definition) is 2. The molecule has 3 heteroatoms. The van der Waals surface area contributed by atoms with Crippen molar-refractivity contribution in [2.45, 2.75) is 52.2 Å². The third-order valence-corrected chi connectivity index (χ3v) is 4.35. The highest BCUT2D eigenvalue weighted by Crippen LogP contribution is 2.41. The predicted molar refractivity (Wildman–Crippen MR) is 75.4 cm³/mol. The van der Waals surface area contributed by atoms with Crippen LogP contribution >= 0.6 is 0 Å². The molecule has 1 aromatic rings. The van der Waals surface area contributed by atoms with Crippen LogP contribution in [0.25, 0.3) is 0 Å². The number of carbonyl (C=O) groups excluding carboxylic acids is 1. The van der Waals surface area contributed by atoms with Gasteiger partial charge in [-0.15, -0.1) is 0 Å². The molecule has 1 aromatic carbocycles. The lowest BCUT2D eigenvalue weighted by Crippen LogP contribution is -2.38. The average molecular weight is 261 g/mol. The van der Waals surface area contributed by atoms with Crippen molar-refractivity contribution in [3.05, 3.63) is 35.4 Å². The number of nitrogens with one attached hydrogen (secondary N) is 1. The molecule has 0 saturated heterocycles. The van der Waals surface area contributed by atoms with Gasteiger partial charge in [-0.2, -0.15) is 0 Å². The normalized spacial score (nSPS) is 17.4. The van der Waals surface area contributed by atoms with Gasteiger partial charge < -0.3 is 10.4 Å². The first-order valence-corrected chi connectivity index (χ1v) is 7.17. The van der Waals surface area contributed by atoms with Crippen molar-refractivity contribution in [3.8, 4) is 0 Å². The minimum Gasteiger partial charge on any atom is -0.392 e. The first kappa shape index (κ1) is 14.1. The van der Waals surface area contributed by atoms with E-state index in [4.69, 9.17) is 5.11 Å². The van der Waals surface area contributed by atoms with E-state index in [1.165, 1.54) is 12.8 Å². The molecule has 1 saturated carbocycles. The van der Waals surface area contributed by atoms with Crippen molar-refractivity contribution < 1.29 is 9.90 Å². The van der Waals surface area contributed by atoms with Crippen molar-refractivity contribution in [2.24, 2.45) is 5.41 Å². The molecule has 0 atom stereocenters. The van der Waals surface area contributed by atoms with Gasteiger partial charge in [0.15, 0.2) is 0 Å². The van der Waals surface area contributed by atoms with Crippen molar-refractivity contribution in [1.29, 1.82) is 0 Å². The number of benzene rings is 1. The maximum atomic E-state index is 12.4. The third-order valence-electron chi connectivity index (χ3n) is 4.35. The van der Waals surface area contributed by atoms with E-state index in [1.54, 1.807) is 0 Å². The Kier molecular flexibility index (Phi) is 4.59. The number of carbonyl (C=O) groups is 1. The lowest BCUT2D eigenvalue weighted by Gasteiger charge is -2.26. The van der Waals surface area contributed by atoms with E-state index >= 15 is 0 Å². The van der Waals surface area contributed by atoms with Crippen LogP contribution in [0, 0.1) is 5.41 Å². The summed E-state index contributed by atoms with van der Waals surface area (Å²) in [6.07, 6.45) is 5.30. The van der Waals surface area contributed by atoms with Crippen molar-refractivity contribution in [2.75, 3.05) is 0 Å². The Morgan fingerprint density at radius 2 is 2.00 bits per heavy atom. The molecule has 1 aliphatic rings. The highest BCUT2D eigenvalue weighted by atomic mass is 16.3. The molecule has 1 amide bonds. The Balaban J connectivity index is 1.96. The third kappa shape index (κ3) is 3.16. The van der Waals surface area contributed by atoms with Crippen LogP contribution in [0.1, 0.15) is 50.2 Å². The lowest BCUT2D eigenvalue weighted by atomic mass is 9.82. The summed E-state index contributed by atoms with van der Waals surface area (Å²) >= 11 is 0. The van der Waals surface area contributed by atoms with E-state index in [2.05, 4.69) is 12.2 Å². The van der Waals surface area contributed by atoms with Crippen LogP contribution in [0.5, 0.6) is 0 Å². The standard InChI is InChI=1S/C16H23NO2/c1-2-16(8-3-4-9-16)15(19)17-11-13-6-5-7-14(10-13)12-18/h5-7,10,18H,2-4,8-9,11-12H2,1H3,(H,17,19). The molecular formula is C16H23NO2. The molecule has 3 nitrogen and oxygen atoms in total. The fourth-order valence-electron chi connectivity index (χ4n) is 3.00. The van der Waals surface area contributed by atoms with E-state index in [0.717, 1.165) is 30.4 Å². The molecule has 0 unspecified atom stereocenters. The predicted octanol–water partition coefficient (Wildman–Crippen LogP) is 2.77. The number of rotatable bonds is 5. The Morgan fingerprint density at radius 3 is 2.63 bits per heavy atom. The van der Waals surface area contributed by atoms with Gasteiger partial charge in [-0.05, 0) is 30.4 Å². The molecule has 1 fully saturated rings.